The molecule has 0 amide bonds. The van der Waals surface area contributed by atoms with Crippen LogP contribution in [0.15, 0.2) is 18.5 Å². The zero-order valence-corrected chi connectivity index (χ0v) is 11.0. The van der Waals surface area contributed by atoms with Crippen molar-refractivity contribution < 1.29 is 0 Å². The fourth-order valence-corrected chi connectivity index (χ4v) is 2.18. The van der Waals surface area contributed by atoms with Crippen LogP contribution in [-0.2, 0) is 0 Å². The van der Waals surface area contributed by atoms with E-state index >= 15 is 0 Å². The molecule has 1 fully saturated rings. The Hall–Kier alpha value is -1.29. The predicted octanol–water partition coefficient (Wildman–Crippen LogP) is 1.65. The summed E-state index contributed by atoms with van der Waals surface area (Å²) < 4.78 is 0. The van der Waals surface area contributed by atoms with Crippen LogP contribution in [0.5, 0.6) is 0 Å². The Kier molecular flexibility index (Phi) is 3.84. The molecule has 2 rings (SSSR count). The lowest BCUT2D eigenvalue weighted by molar-refractivity contribution is 0.234. The van der Waals surface area contributed by atoms with E-state index in [0.29, 0.717) is 6.04 Å². The van der Waals surface area contributed by atoms with Gasteiger partial charge in [0.2, 0.25) is 0 Å². The van der Waals surface area contributed by atoms with E-state index in [1.807, 2.05) is 12.4 Å². The summed E-state index contributed by atoms with van der Waals surface area (Å²) >= 11 is 0. The Bertz CT molecular complexity index is 366. The maximum atomic E-state index is 4.30. The molecule has 0 saturated carbocycles. The Morgan fingerprint density at radius 1 is 1.41 bits per heavy atom. The second-order valence-corrected chi connectivity index (χ2v) is 4.74. The van der Waals surface area contributed by atoms with Gasteiger partial charge in [0.15, 0.2) is 0 Å². The highest BCUT2D eigenvalue weighted by Gasteiger charge is 2.20. The van der Waals surface area contributed by atoms with Crippen molar-refractivity contribution in [2.75, 3.05) is 43.4 Å². The lowest BCUT2D eigenvalue weighted by Crippen LogP contribution is -2.50. The molecule has 0 radical (unpaired) electrons. The van der Waals surface area contributed by atoms with Crippen molar-refractivity contribution in [1.82, 2.24) is 9.88 Å². The summed E-state index contributed by atoms with van der Waals surface area (Å²) in [6.07, 6.45) is 3.84. The lowest BCUT2D eigenvalue weighted by Gasteiger charge is -2.38. The highest BCUT2D eigenvalue weighted by molar-refractivity contribution is 5.55. The molecule has 1 aromatic heterocycles. The number of aromatic nitrogens is 1. The normalized spacial score (nSPS) is 21.6. The molecule has 17 heavy (non-hydrogen) atoms. The second-order valence-electron chi connectivity index (χ2n) is 4.74. The minimum absolute atomic E-state index is 0.603. The van der Waals surface area contributed by atoms with Gasteiger partial charge in [0.1, 0.15) is 0 Å². The molecule has 94 valence electrons. The van der Waals surface area contributed by atoms with Crippen molar-refractivity contribution in [1.29, 1.82) is 0 Å². The van der Waals surface area contributed by atoms with Crippen molar-refractivity contribution in [3.63, 3.8) is 0 Å². The van der Waals surface area contributed by atoms with Crippen LogP contribution in [0, 0.1) is 0 Å². The maximum Gasteiger partial charge on any atom is 0.0574 e. The van der Waals surface area contributed by atoms with E-state index in [1.54, 1.807) is 0 Å². The molecule has 4 nitrogen and oxygen atoms in total. The minimum atomic E-state index is 0.603. The third-order valence-electron chi connectivity index (χ3n) is 3.43. The first-order valence-electron chi connectivity index (χ1n) is 6.35. The third-order valence-corrected chi connectivity index (χ3v) is 3.43. The molecule has 1 unspecified atom stereocenters. The van der Waals surface area contributed by atoms with Gasteiger partial charge in [-0.3, -0.25) is 4.98 Å². The number of pyridine rings is 1. The predicted molar refractivity (Wildman–Crippen MR) is 72.7 cm³/mol. The van der Waals surface area contributed by atoms with Crippen LogP contribution in [0.4, 0.5) is 11.4 Å². The standard InChI is InChI=1S/C13H22N4/c1-4-15-12-7-13(9-14-8-12)17-6-5-16(3)11(2)10-17/h7-9,11,15H,4-6,10H2,1-3H3. The molecule has 1 aliphatic rings. The molecule has 1 saturated heterocycles. The van der Waals surface area contributed by atoms with Crippen molar-refractivity contribution in [2.45, 2.75) is 19.9 Å². The van der Waals surface area contributed by atoms with Gasteiger partial charge < -0.3 is 15.1 Å². The highest BCUT2D eigenvalue weighted by atomic mass is 15.3. The Balaban J connectivity index is 2.09. The average Bonchev–Trinajstić information content (AvgIpc) is 2.33. The van der Waals surface area contributed by atoms with Gasteiger partial charge in [0, 0.05) is 32.2 Å². The summed E-state index contributed by atoms with van der Waals surface area (Å²) in [6, 6.07) is 2.79. The topological polar surface area (TPSA) is 31.4 Å². The Labute approximate surface area is 104 Å². The maximum absolute atomic E-state index is 4.30. The Morgan fingerprint density at radius 3 is 2.94 bits per heavy atom. The number of hydrogen-bond acceptors (Lipinski definition) is 4. The molecule has 0 aromatic carbocycles. The smallest absolute Gasteiger partial charge is 0.0574 e. The Morgan fingerprint density at radius 2 is 2.24 bits per heavy atom. The van der Waals surface area contributed by atoms with E-state index in [9.17, 15) is 0 Å². The summed E-state index contributed by atoms with van der Waals surface area (Å²) in [5, 5.41) is 3.31. The van der Waals surface area contributed by atoms with Gasteiger partial charge >= 0.3 is 0 Å². The second kappa shape index (κ2) is 5.36. The number of rotatable bonds is 3. The molecule has 1 N–H and O–H groups in total. The van der Waals surface area contributed by atoms with Gasteiger partial charge in [0.05, 0.1) is 23.8 Å². The van der Waals surface area contributed by atoms with Crippen LogP contribution in [0.3, 0.4) is 0 Å². The van der Waals surface area contributed by atoms with E-state index in [0.717, 1.165) is 31.9 Å². The van der Waals surface area contributed by atoms with Crippen LogP contribution < -0.4 is 10.2 Å². The van der Waals surface area contributed by atoms with E-state index in [2.05, 4.69) is 47.1 Å². The average molecular weight is 234 g/mol. The number of nitrogens with one attached hydrogen (secondary N) is 1. The molecule has 2 heterocycles. The number of piperazine rings is 1. The summed E-state index contributed by atoms with van der Waals surface area (Å²) in [5.41, 5.74) is 2.33. The van der Waals surface area contributed by atoms with Gasteiger partial charge in [-0.15, -0.1) is 0 Å². The molecule has 0 aliphatic carbocycles. The zero-order chi connectivity index (χ0) is 12.3. The van der Waals surface area contributed by atoms with E-state index in [-0.39, 0.29) is 0 Å². The molecule has 0 spiro atoms. The summed E-state index contributed by atoms with van der Waals surface area (Å²) in [4.78, 5) is 9.12. The molecule has 4 heteroatoms. The van der Waals surface area contributed by atoms with Crippen molar-refractivity contribution in [3.05, 3.63) is 18.5 Å². The SMILES string of the molecule is CCNc1cncc(N2CCN(C)C(C)C2)c1. The molecule has 1 aromatic rings. The fraction of sp³-hybridized carbons (Fsp3) is 0.615. The van der Waals surface area contributed by atoms with Crippen molar-refractivity contribution in [2.24, 2.45) is 0 Å². The number of anilines is 2. The van der Waals surface area contributed by atoms with E-state index < -0.39 is 0 Å². The largest absolute Gasteiger partial charge is 0.384 e. The lowest BCUT2D eigenvalue weighted by atomic mass is 10.2. The van der Waals surface area contributed by atoms with Crippen molar-refractivity contribution >= 4 is 11.4 Å². The highest BCUT2D eigenvalue weighted by Crippen LogP contribution is 2.20. The van der Waals surface area contributed by atoms with E-state index in [1.165, 1.54) is 5.69 Å². The van der Waals surface area contributed by atoms with E-state index in [4.69, 9.17) is 0 Å². The summed E-state index contributed by atoms with van der Waals surface area (Å²) in [6.45, 7) is 8.58. The first-order valence-corrected chi connectivity index (χ1v) is 6.35. The van der Waals surface area contributed by atoms with Gasteiger partial charge in [-0.25, -0.2) is 0 Å². The summed E-state index contributed by atoms with van der Waals surface area (Å²) in [5.74, 6) is 0. The third kappa shape index (κ3) is 2.88. The van der Waals surface area contributed by atoms with Crippen LogP contribution in [0.1, 0.15) is 13.8 Å². The molecule has 1 atom stereocenters. The quantitative estimate of drug-likeness (QED) is 0.862. The van der Waals surface area contributed by atoms with Crippen LogP contribution in [0.25, 0.3) is 0 Å². The number of nitrogens with zero attached hydrogens (tertiary/aromatic N) is 3. The first-order chi connectivity index (χ1) is 8.20. The van der Waals surface area contributed by atoms with Gasteiger partial charge in [-0.1, -0.05) is 0 Å². The summed E-state index contributed by atoms with van der Waals surface area (Å²) in [7, 11) is 2.19. The molecular formula is C13H22N4. The van der Waals surface area contributed by atoms with Gasteiger partial charge in [-0.2, -0.15) is 0 Å². The molecule has 1 aliphatic heterocycles. The number of hydrogen-bond donors (Lipinski definition) is 1. The van der Waals surface area contributed by atoms with Gasteiger partial charge in [0.25, 0.3) is 0 Å². The van der Waals surface area contributed by atoms with Crippen LogP contribution >= 0.6 is 0 Å². The van der Waals surface area contributed by atoms with Crippen molar-refractivity contribution in [3.8, 4) is 0 Å². The molecule has 0 bridgehead atoms. The minimum Gasteiger partial charge on any atom is -0.384 e. The molecular weight excluding hydrogens is 212 g/mol. The fourth-order valence-electron chi connectivity index (χ4n) is 2.18. The zero-order valence-electron chi connectivity index (χ0n) is 11.0. The monoisotopic (exact) mass is 234 g/mol. The van der Waals surface area contributed by atoms with Crippen LogP contribution in [-0.4, -0.2) is 49.2 Å². The van der Waals surface area contributed by atoms with Gasteiger partial charge in [-0.05, 0) is 27.0 Å². The first kappa shape index (κ1) is 12.2. The van der Waals surface area contributed by atoms with Crippen LogP contribution in [0.2, 0.25) is 0 Å². The number of likely N-dealkylation sites (N-methyl/N-ethyl adjacent to an activating group) is 1.